The number of carbonyl (C=O) groups excluding carboxylic acids is 2. The summed E-state index contributed by atoms with van der Waals surface area (Å²) in [6, 6.07) is 8.38. The average molecular weight is 352 g/mol. The molecule has 1 saturated carbocycles. The fourth-order valence-electron chi connectivity index (χ4n) is 4.61. The van der Waals surface area contributed by atoms with E-state index >= 15 is 0 Å². The van der Waals surface area contributed by atoms with Crippen LogP contribution in [0, 0.1) is 5.41 Å². The molecule has 1 aromatic carbocycles. The van der Waals surface area contributed by atoms with Crippen molar-refractivity contribution in [3.8, 4) is 0 Å². The Kier molecular flexibility index (Phi) is 4.60. The van der Waals surface area contributed by atoms with E-state index in [1.165, 1.54) is 5.56 Å². The summed E-state index contributed by atoms with van der Waals surface area (Å²) in [4.78, 5) is 29.4. The Morgan fingerprint density at radius 3 is 2.65 bits per heavy atom. The predicted octanol–water partition coefficient (Wildman–Crippen LogP) is 3.42. The number of allylic oxidation sites excluding steroid dienone is 1. The van der Waals surface area contributed by atoms with Crippen molar-refractivity contribution in [3.05, 3.63) is 48.0 Å². The number of nitrogens with zero attached hydrogens (tertiary/aromatic N) is 2. The molecule has 1 aromatic rings. The van der Waals surface area contributed by atoms with Gasteiger partial charge in [0.15, 0.2) is 0 Å². The minimum atomic E-state index is 0.104. The van der Waals surface area contributed by atoms with Crippen LogP contribution in [0.25, 0.3) is 0 Å². The number of rotatable bonds is 4. The monoisotopic (exact) mass is 352 g/mol. The second kappa shape index (κ2) is 6.90. The molecule has 2 aliphatic heterocycles. The SMILES string of the molecule is C=CCc1ccc(C(=O)N2CCC[C@@]3(CCC(=O)N(C4CC4)C3)C2)cc1. The third-order valence-electron chi connectivity index (χ3n) is 6.21. The number of benzene rings is 1. The van der Waals surface area contributed by atoms with Gasteiger partial charge in [-0.2, -0.15) is 0 Å². The fourth-order valence-corrected chi connectivity index (χ4v) is 4.61. The van der Waals surface area contributed by atoms with Gasteiger partial charge < -0.3 is 9.80 Å². The molecule has 4 nitrogen and oxygen atoms in total. The van der Waals surface area contributed by atoms with Crippen molar-refractivity contribution >= 4 is 11.8 Å². The van der Waals surface area contributed by atoms with Crippen LogP contribution in [0.15, 0.2) is 36.9 Å². The van der Waals surface area contributed by atoms with E-state index in [4.69, 9.17) is 0 Å². The molecule has 26 heavy (non-hydrogen) atoms. The summed E-state index contributed by atoms with van der Waals surface area (Å²) in [6.07, 6.45) is 8.75. The molecule has 0 aromatic heterocycles. The van der Waals surface area contributed by atoms with Crippen LogP contribution >= 0.6 is 0 Å². The zero-order valence-corrected chi connectivity index (χ0v) is 15.5. The van der Waals surface area contributed by atoms with Crippen molar-refractivity contribution < 1.29 is 9.59 Å². The van der Waals surface area contributed by atoms with E-state index < -0.39 is 0 Å². The second-order valence-corrected chi connectivity index (χ2v) is 8.27. The van der Waals surface area contributed by atoms with Gasteiger partial charge in [0.2, 0.25) is 5.91 Å². The van der Waals surface area contributed by atoms with Gasteiger partial charge in [0.05, 0.1) is 0 Å². The summed E-state index contributed by atoms with van der Waals surface area (Å²) in [5.41, 5.74) is 2.05. The van der Waals surface area contributed by atoms with E-state index in [0.717, 1.165) is 63.7 Å². The number of piperidine rings is 2. The first kappa shape index (κ1) is 17.3. The first-order valence-electron chi connectivity index (χ1n) is 9.89. The maximum absolute atomic E-state index is 13.0. The van der Waals surface area contributed by atoms with Gasteiger partial charge in [0.25, 0.3) is 5.91 Å². The van der Waals surface area contributed by atoms with Crippen LogP contribution in [0.4, 0.5) is 0 Å². The van der Waals surface area contributed by atoms with E-state index in [-0.39, 0.29) is 11.3 Å². The van der Waals surface area contributed by atoms with E-state index in [0.29, 0.717) is 18.4 Å². The lowest BCUT2D eigenvalue weighted by Crippen LogP contribution is -2.55. The predicted molar refractivity (Wildman–Crippen MR) is 102 cm³/mol. The normalized spacial score (nSPS) is 26.2. The second-order valence-electron chi connectivity index (χ2n) is 8.27. The van der Waals surface area contributed by atoms with Gasteiger partial charge >= 0.3 is 0 Å². The Labute approximate surface area is 155 Å². The molecule has 1 spiro atoms. The highest BCUT2D eigenvalue weighted by molar-refractivity contribution is 5.94. The molecule has 3 fully saturated rings. The number of likely N-dealkylation sites (tertiary alicyclic amines) is 2. The summed E-state index contributed by atoms with van der Waals surface area (Å²) in [7, 11) is 0. The van der Waals surface area contributed by atoms with Crippen molar-refractivity contribution in [1.29, 1.82) is 0 Å². The fraction of sp³-hybridized carbons (Fsp3) is 0.545. The van der Waals surface area contributed by atoms with Gasteiger partial charge in [0.1, 0.15) is 0 Å². The quantitative estimate of drug-likeness (QED) is 0.779. The lowest BCUT2D eigenvalue weighted by Gasteiger charge is -2.48. The van der Waals surface area contributed by atoms with E-state index in [1.807, 2.05) is 35.2 Å². The lowest BCUT2D eigenvalue weighted by atomic mass is 9.73. The van der Waals surface area contributed by atoms with Gasteiger partial charge in [0, 0.05) is 43.1 Å². The van der Waals surface area contributed by atoms with Gasteiger partial charge in [-0.1, -0.05) is 18.2 Å². The molecule has 4 rings (SSSR count). The Balaban J connectivity index is 1.46. The molecule has 0 radical (unpaired) electrons. The van der Waals surface area contributed by atoms with Crippen LogP contribution in [0.1, 0.15) is 54.4 Å². The maximum atomic E-state index is 13.0. The van der Waals surface area contributed by atoms with Crippen molar-refractivity contribution in [1.82, 2.24) is 9.80 Å². The topological polar surface area (TPSA) is 40.6 Å². The summed E-state index contributed by atoms with van der Waals surface area (Å²) in [5.74, 6) is 0.448. The third-order valence-corrected chi connectivity index (χ3v) is 6.21. The lowest BCUT2D eigenvalue weighted by molar-refractivity contribution is -0.139. The highest BCUT2D eigenvalue weighted by atomic mass is 16.2. The molecular formula is C22H28N2O2. The molecule has 0 N–H and O–H groups in total. The largest absolute Gasteiger partial charge is 0.339 e. The van der Waals surface area contributed by atoms with Gasteiger partial charge in [-0.15, -0.1) is 6.58 Å². The number of amides is 2. The standard InChI is InChI=1S/C22H28N2O2/c1-2-4-17-5-7-18(8-6-17)21(26)23-14-3-12-22(15-23)13-11-20(25)24(16-22)19-9-10-19/h2,5-8,19H,1,3-4,9-16H2/t22-/m1/s1. The molecular weight excluding hydrogens is 324 g/mol. The zero-order chi connectivity index (χ0) is 18.1. The van der Waals surface area contributed by atoms with Crippen molar-refractivity contribution in [3.63, 3.8) is 0 Å². The molecule has 4 heteroatoms. The highest BCUT2D eigenvalue weighted by Gasteiger charge is 2.46. The van der Waals surface area contributed by atoms with Gasteiger partial charge in [-0.3, -0.25) is 9.59 Å². The summed E-state index contributed by atoms with van der Waals surface area (Å²) < 4.78 is 0. The molecule has 1 aliphatic carbocycles. The molecule has 3 aliphatic rings. The minimum absolute atomic E-state index is 0.104. The summed E-state index contributed by atoms with van der Waals surface area (Å²) >= 11 is 0. The number of carbonyl (C=O) groups is 2. The van der Waals surface area contributed by atoms with E-state index in [1.54, 1.807) is 0 Å². The van der Waals surface area contributed by atoms with Gasteiger partial charge in [-0.05, 0) is 56.2 Å². The summed E-state index contributed by atoms with van der Waals surface area (Å²) in [5, 5.41) is 0. The Hall–Kier alpha value is -2.10. The van der Waals surface area contributed by atoms with Crippen molar-refractivity contribution in [2.24, 2.45) is 5.41 Å². The molecule has 2 saturated heterocycles. The molecule has 0 bridgehead atoms. The zero-order valence-electron chi connectivity index (χ0n) is 15.5. The third kappa shape index (κ3) is 3.42. The van der Waals surface area contributed by atoms with E-state index in [2.05, 4.69) is 11.5 Å². The summed E-state index contributed by atoms with van der Waals surface area (Å²) in [6.45, 7) is 6.22. The van der Waals surface area contributed by atoms with Gasteiger partial charge in [-0.25, -0.2) is 0 Å². The molecule has 1 atom stereocenters. The van der Waals surface area contributed by atoms with Crippen molar-refractivity contribution in [2.45, 2.75) is 51.0 Å². The maximum Gasteiger partial charge on any atom is 0.253 e. The number of hydrogen-bond acceptors (Lipinski definition) is 2. The Morgan fingerprint density at radius 1 is 1.19 bits per heavy atom. The van der Waals surface area contributed by atoms with Crippen LogP contribution in [0.5, 0.6) is 0 Å². The Morgan fingerprint density at radius 2 is 1.96 bits per heavy atom. The first-order valence-corrected chi connectivity index (χ1v) is 9.89. The highest BCUT2D eigenvalue weighted by Crippen LogP contribution is 2.42. The first-order chi connectivity index (χ1) is 12.6. The minimum Gasteiger partial charge on any atom is -0.339 e. The average Bonchev–Trinajstić information content (AvgIpc) is 3.50. The molecule has 138 valence electrons. The molecule has 2 heterocycles. The molecule has 2 amide bonds. The number of hydrogen-bond donors (Lipinski definition) is 0. The molecule has 0 unspecified atom stereocenters. The van der Waals surface area contributed by atoms with Crippen LogP contribution in [-0.4, -0.2) is 47.3 Å². The van der Waals surface area contributed by atoms with Crippen molar-refractivity contribution in [2.75, 3.05) is 19.6 Å². The van der Waals surface area contributed by atoms with Crippen LogP contribution < -0.4 is 0 Å². The van der Waals surface area contributed by atoms with Crippen LogP contribution in [0.3, 0.4) is 0 Å². The van der Waals surface area contributed by atoms with Crippen LogP contribution in [0.2, 0.25) is 0 Å². The Bertz CT molecular complexity index is 707. The van der Waals surface area contributed by atoms with E-state index in [9.17, 15) is 9.59 Å². The van der Waals surface area contributed by atoms with Crippen LogP contribution in [-0.2, 0) is 11.2 Å². The smallest absolute Gasteiger partial charge is 0.253 e.